The zero-order valence-corrected chi connectivity index (χ0v) is 32.2. The Kier molecular flexibility index (Phi) is 17.2. The van der Waals surface area contributed by atoms with Crippen LogP contribution in [0.4, 0.5) is 16.4 Å². The van der Waals surface area contributed by atoms with E-state index in [1.807, 2.05) is 0 Å². The van der Waals surface area contributed by atoms with Gasteiger partial charge in [0.2, 0.25) is 17.7 Å². The normalized spacial score (nSPS) is 12.1. The summed E-state index contributed by atoms with van der Waals surface area (Å²) in [5, 5.41) is 21.2. The van der Waals surface area contributed by atoms with Crippen molar-refractivity contribution >= 4 is 46.7 Å². The van der Waals surface area contributed by atoms with Gasteiger partial charge in [0, 0.05) is 30.8 Å². The first-order chi connectivity index (χ1) is 26.0. The molecule has 55 heavy (non-hydrogen) atoms. The van der Waals surface area contributed by atoms with Crippen molar-refractivity contribution in [3.05, 3.63) is 41.7 Å². The number of nitrogens with two attached hydrogens (primary N) is 1. The molecule has 1 atom stereocenters. The molecule has 0 saturated heterocycles. The molecule has 3 amide bonds. The Balaban J connectivity index is 1.34. The molecule has 1 aromatic carbocycles. The standard InChI is InChI=1S/C36H53N9O10/c1-35(2,3)54-32(49)26(11-12-27(46)38-13-15-51-17-19-53-20-18-52-16-14-39-34(50)55-36(4,5)6)43-30(47)23-7-9-24(10-8-23)40-21-25-22-41-29-28(42-25)31(48)45-33(37)44-29/h7-10,22,26,40H,11-21H2,1-6H3,(H,38,46)(H,39,50)(H,43,47)(H3,37,41,44,45,48)/t26-/m0/s1. The van der Waals surface area contributed by atoms with Crippen LogP contribution >= 0.6 is 0 Å². The van der Waals surface area contributed by atoms with Crippen molar-refractivity contribution in [1.82, 2.24) is 35.9 Å². The molecule has 0 saturated carbocycles. The van der Waals surface area contributed by atoms with Gasteiger partial charge in [-0.15, -0.1) is 0 Å². The number of benzene rings is 1. The smallest absolute Gasteiger partial charge is 0.407 e. The van der Waals surface area contributed by atoms with Crippen LogP contribution in [0.5, 0.6) is 5.88 Å². The zero-order valence-electron chi connectivity index (χ0n) is 32.2. The van der Waals surface area contributed by atoms with Gasteiger partial charge in [0.05, 0.1) is 58.1 Å². The maximum Gasteiger partial charge on any atom is 0.407 e. The molecule has 0 unspecified atom stereocenters. The number of aromatic nitrogens is 4. The highest BCUT2D eigenvalue weighted by molar-refractivity contribution is 5.97. The van der Waals surface area contributed by atoms with Crippen LogP contribution in [0.25, 0.3) is 11.2 Å². The third-order valence-electron chi connectivity index (χ3n) is 6.96. The summed E-state index contributed by atoms with van der Waals surface area (Å²) in [4.78, 5) is 66.4. The third-order valence-corrected chi connectivity index (χ3v) is 6.96. The van der Waals surface area contributed by atoms with Crippen LogP contribution in [0, 0.1) is 0 Å². The highest BCUT2D eigenvalue weighted by atomic mass is 16.6. The molecule has 19 nitrogen and oxygen atoms in total. The number of carbonyl (C=O) groups is 4. The Morgan fingerprint density at radius 1 is 0.800 bits per heavy atom. The quantitative estimate of drug-likeness (QED) is 0.0670. The van der Waals surface area contributed by atoms with Crippen LogP contribution in [0.3, 0.4) is 0 Å². The molecule has 0 fully saturated rings. The molecule has 2 heterocycles. The second-order valence-corrected chi connectivity index (χ2v) is 14.1. The topological polar surface area (TPSA) is 260 Å². The van der Waals surface area contributed by atoms with Crippen molar-refractivity contribution < 1.29 is 48.0 Å². The van der Waals surface area contributed by atoms with Gasteiger partial charge in [0.15, 0.2) is 11.2 Å². The zero-order chi connectivity index (χ0) is 40.4. The summed E-state index contributed by atoms with van der Waals surface area (Å²) < 4.78 is 27.0. The van der Waals surface area contributed by atoms with Crippen LogP contribution in [-0.4, -0.2) is 119 Å². The highest BCUT2D eigenvalue weighted by Gasteiger charge is 2.27. The lowest BCUT2D eigenvalue weighted by Gasteiger charge is -2.24. The molecule has 3 aromatic rings. The molecule has 302 valence electrons. The van der Waals surface area contributed by atoms with E-state index in [9.17, 15) is 24.3 Å². The van der Waals surface area contributed by atoms with Gasteiger partial charge in [0.25, 0.3) is 5.91 Å². The molecule has 2 aromatic heterocycles. The lowest BCUT2D eigenvalue weighted by molar-refractivity contribution is -0.157. The van der Waals surface area contributed by atoms with Crippen LogP contribution in [-0.2, 0) is 39.8 Å². The molecule has 0 aliphatic rings. The van der Waals surface area contributed by atoms with Crippen molar-refractivity contribution in [3.63, 3.8) is 0 Å². The van der Waals surface area contributed by atoms with Crippen LogP contribution in [0.1, 0.15) is 70.4 Å². The van der Waals surface area contributed by atoms with Crippen molar-refractivity contribution in [2.45, 2.75) is 78.2 Å². The summed E-state index contributed by atoms with van der Waals surface area (Å²) in [7, 11) is 0. The number of hydrogen-bond acceptors (Lipinski definition) is 16. The Bertz CT molecular complexity index is 1710. The van der Waals surface area contributed by atoms with E-state index in [1.165, 1.54) is 6.20 Å². The van der Waals surface area contributed by atoms with Gasteiger partial charge in [-0.2, -0.15) is 9.97 Å². The molecule has 0 aliphatic carbocycles. The molecular formula is C36H53N9O10. The van der Waals surface area contributed by atoms with E-state index in [0.717, 1.165) is 0 Å². The minimum absolute atomic E-state index is 0.0138. The fourth-order valence-corrected chi connectivity index (χ4v) is 4.53. The third kappa shape index (κ3) is 17.5. The molecule has 3 rings (SSSR count). The Labute approximate surface area is 319 Å². The number of aromatic hydroxyl groups is 1. The van der Waals surface area contributed by atoms with Gasteiger partial charge in [0.1, 0.15) is 17.2 Å². The number of rotatable bonds is 21. The SMILES string of the molecule is CC(C)(C)OC(=O)NCCOCCOCCOCCNC(=O)CC[C@H](NC(=O)c1ccc(NCc2cnc3nc(N)nc(O)c3n2)cc1)C(=O)OC(C)(C)C. The summed E-state index contributed by atoms with van der Waals surface area (Å²) in [5.41, 5.74) is 5.92. The van der Waals surface area contributed by atoms with E-state index >= 15 is 0 Å². The minimum Gasteiger partial charge on any atom is -0.492 e. The number of ether oxygens (including phenoxy) is 5. The number of alkyl carbamates (subject to hydrolysis) is 1. The molecule has 0 aliphatic heterocycles. The average molecular weight is 772 g/mol. The number of nitrogens with one attached hydrogen (secondary N) is 4. The van der Waals surface area contributed by atoms with Gasteiger partial charge in [-0.05, 0) is 72.2 Å². The molecular weight excluding hydrogens is 718 g/mol. The van der Waals surface area contributed by atoms with E-state index in [0.29, 0.717) is 51.0 Å². The fourth-order valence-electron chi connectivity index (χ4n) is 4.53. The Hall–Kier alpha value is -5.40. The summed E-state index contributed by atoms with van der Waals surface area (Å²) in [5.74, 6) is -1.98. The molecule has 0 bridgehead atoms. The van der Waals surface area contributed by atoms with Gasteiger partial charge in [-0.1, -0.05) is 0 Å². The van der Waals surface area contributed by atoms with Crippen LogP contribution < -0.4 is 27.0 Å². The molecule has 0 radical (unpaired) electrons. The first-order valence-corrected chi connectivity index (χ1v) is 17.8. The number of nitrogens with zero attached hydrogens (tertiary/aromatic N) is 4. The van der Waals surface area contributed by atoms with Crippen molar-refractivity contribution in [1.29, 1.82) is 0 Å². The maximum absolute atomic E-state index is 13.1. The number of esters is 1. The van der Waals surface area contributed by atoms with Crippen molar-refractivity contribution in [3.8, 4) is 5.88 Å². The number of nitrogen functional groups attached to an aromatic ring is 1. The monoisotopic (exact) mass is 771 g/mol. The van der Waals surface area contributed by atoms with E-state index in [1.54, 1.807) is 65.8 Å². The second-order valence-electron chi connectivity index (χ2n) is 14.1. The van der Waals surface area contributed by atoms with E-state index in [2.05, 4.69) is 41.2 Å². The first-order valence-electron chi connectivity index (χ1n) is 17.8. The predicted molar refractivity (Wildman–Crippen MR) is 201 cm³/mol. The Morgan fingerprint density at radius 2 is 1.40 bits per heavy atom. The summed E-state index contributed by atoms with van der Waals surface area (Å²) >= 11 is 0. The highest BCUT2D eigenvalue weighted by Crippen LogP contribution is 2.19. The lowest BCUT2D eigenvalue weighted by Crippen LogP contribution is -2.45. The predicted octanol–water partition coefficient (Wildman–Crippen LogP) is 2.23. The summed E-state index contributed by atoms with van der Waals surface area (Å²) in [6.45, 7) is 13.3. The van der Waals surface area contributed by atoms with Gasteiger partial charge in [-0.3, -0.25) is 9.59 Å². The van der Waals surface area contributed by atoms with Gasteiger partial charge in [-0.25, -0.2) is 19.6 Å². The summed E-state index contributed by atoms with van der Waals surface area (Å²) in [6, 6.07) is 5.45. The molecule has 7 N–H and O–H groups in total. The van der Waals surface area contributed by atoms with Crippen LogP contribution in [0.2, 0.25) is 0 Å². The number of amides is 3. The van der Waals surface area contributed by atoms with Crippen molar-refractivity contribution in [2.75, 3.05) is 63.8 Å². The van der Waals surface area contributed by atoms with Gasteiger partial charge < -0.3 is 55.8 Å². The average Bonchev–Trinajstić information content (AvgIpc) is 3.09. The first kappa shape index (κ1) is 44.0. The lowest BCUT2D eigenvalue weighted by atomic mass is 10.1. The fraction of sp³-hybridized carbons (Fsp3) is 0.556. The summed E-state index contributed by atoms with van der Waals surface area (Å²) in [6.07, 6.45) is 0.964. The largest absolute Gasteiger partial charge is 0.492 e. The van der Waals surface area contributed by atoms with E-state index < -0.39 is 35.2 Å². The van der Waals surface area contributed by atoms with Crippen molar-refractivity contribution in [2.24, 2.45) is 0 Å². The number of anilines is 2. The number of fused-ring (bicyclic) bond motifs is 1. The minimum atomic E-state index is -1.07. The molecule has 19 heteroatoms. The molecule has 0 spiro atoms. The maximum atomic E-state index is 13.1. The van der Waals surface area contributed by atoms with E-state index in [4.69, 9.17) is 29.4 Å². The number of carbonyl (C=O) groups excluding carboxylic acids is 4. The van der Waals surface area contributed by atoms with Gasteiger partial charge >= 0.3 is 12.1 Å². The van der Waals surface area contributed by atoms with Crippen LogP contribution in [0.15, 0.2) is 30.5 Å². The second kappa shape index (κ2) is 21.5. The van der Waals surface area contributed by atoms with E-state index in [-0.39, 0.29) is 67.0 Å². The Morgan fingerprint density at radius 3 is 2.02 bits per heavy atom. The number of hydrogen-bond donors (Lipinski definition) is 6.